The molecule has 0 N–H and O–H groups in total. The van der Waals surface area contributed by atoms with Crippen molar-refractivity contribution in [2.45, 2.75) is 452 Å². The molecule has 12 nitrogen and oxygen atoms in total. The van der Waals surface area contributed by atoms with E-state index in [1.807, 2.05) is 0 Å². The molecule has 0 unspecified atom stereocenters. The number of rotatable bonds is 84. The topological polar surface area (TPSA) is 118 Å². The van der Waals surface area contributed by atoms with Crippen LogP contribution in [0.1, 0.15) is 452 Å². The zero-order chi connectivity index (χ0) is 75.2. The zero-order valence-electron chi connectivity index (χ0n) is 70.8. The Morgan fingerprint density at radius 2 is 0.442 bits per heavy atom. The van der Waals surface area contributed by atoms with E-state index < -0.39 is 0 Å². The van der Waals surface area contributed by atoms with Gasteiger partial charge in [0.25, 0.3) is 0 Å². The fraction of sp³-hybridized carbons (Fsp3) is 0.957. The summed E-state index contributed by atoms with van der Waals surface area (Å²) >= 11 is 0. The molecule has 0 aliphatic carbocycles. The molecule has 104 heavy (non-hydrogen) atoms. The Balaban J connectivity index is 2.80. The molecule has 0 aromatic carbocycles. The summed E-state index contributed by atoms with van der Waals surface area (Å²) in [6, 6.07) is 0. The van der Waals surface area contributed by atoms with Crippen molar-refractivity contribution < 1.29 is 38.1 Å². The molecule has 0 bridgehead atoms. The van der Waals surface area contributed by atoms with E-state index in [1.54, 1.807) is 0 Å². The number of nitrogens with zero attached hydrogens (tertiary/aromatic N) is 4. The molecular weight excluding hydrogens is 1290 g/mol. The van der Waals surface area contributed by atoms with Crippen LogP contribution in [0.4, 0.5) is 0 Å². The van der Waals surface area contributed by atoms with Gasteiger partial charge in [0, 0.05) is 65.2 Å². The summed E-state index contributed by atoms with van der Waals surface area (Å²) in [5, 5.41) is 0. The third-order valence-corrected chi connectivity index (χ3v) is 22.7. The van der Waals surface area contributed by atoms with Crippen molar-refractivity contribution in [2.75, 3.05) is 105 Å². The highest BCUT2D eigenvalue weighted by atomic mass is 16.5. The van der Waals surface area contributed by atoms with E-state index in [-0.39, 0.29) is 35.7 Å². The standard InChI is InChI=1S/C92H180N4O8/c1-7-13-19-25-31-33-35-43-55-69-89(97)101-83-63-49-59-73-93(71-57-45-37-47-61-85-103-91(99)87(65-51-39-27-21-15-9-3)66-52-40-28-22-16-10-4)75-77-95-79-81-96(82-80-95)78-76-94(74-60-50-64-84-102-90(98)70-56-44-36-34-32-26-20-14-8-2)72-58-46-38-48-62-86-104-92(100)88(67-53-41-29-23-17-11-5)68-54-42-30-24-18-12-6/h87-88H,7-86H2,1-6H3. The van der Waals surface area contributed by atoms with Gasteiger partial charge in [-0.15, -0.1) is 0 Å². The number of esters is 4. The van der Waals surface area contributed by atoms with E-state index in [9.17, 15) is 19.2 Å². The maximum Gasteiger partial charge on any atom is 0.308 e. The van der Waals surface area contributed by atoms with Crippen molar-refractivity contribution in [3.05, 3.63) is 0 Å². The first-order valence-corrected chi connectivity index (χ1v) is 46.7. The van der Waals surface area contributed by atoms with Crippen LogP contribution in [-0.2, 0) is 38.1 Å². The van der Waals surface area contributed by atoms with Crippen LogP contribution in [0.2, 0.25) is 0 Å². The van der Waals surface area contributed by atoms with Crippen molar-refractivity contribution in [3.63, 3.8) is 0 Å². The van der Waals surface area contributed by atoms with Gasteiger partial charge < -0.3 is 28.7 Å². The summed E-state index contributed by atoms with van der Waals surface area (Å²) in [6.07, 6.45) is 75.7. The van der Waals surface area contributed by atoms with Crippen LogP contribution in [0.3, 0.4) is 0 Å². The molecule has 0 saturated carbocycles. The fourth-order valence-electron chi connectivity index (χ4n) is 15.3. The fourth-order valence-corrected chi connectivity index (χ4v) is 15.3. The molecule has 0 amide bonds. The number of carbonyl (C=O) groups is 4. The summed E-state index contributed by atoms with van der Waals surface area (Å²) in [5.41, 5.74) is 0. The van der Waals surface area contributed by atoms with Crippen LogP contribution >= 0.6 is 0 Å². The summed E-state index contributed by atoms with van der Waals surface area (Å²) in [6.45, 7) is 29.2. The largest absolute Gasteiger partial charge is 0.466 e. The lowest BCUT2D eigenvalue weighted by molar-refractivity contribution is -0.150. The molecule has 0 aromatic heterocycles. The lowest BCUT2D eigenvalue weighted by atomic mass is 9.94. The van der Waals surface area contributed by atoms with E-state index in [4.69, 9.17) is 18.9 Å². The minimum absolute atomic E-state index is 0.0152. The number of unbranched alkanes of at least 4 members (excludes halogenated alkanes) is 48. The third-order valence-electron chi connectivity index (χ3n) is 22.7. The number of hydrogen-bond donors (Lipinski definition) is 0. The van der Waals surface area contributed by atoms with Crippen molar-refractivity contribution in [3.8, 4) is 0 Å². The molecule has 1 rings (SSSR count). The van der Waals surface area contributed by atoms with Crippen LogP contribution in [0, 0.1) is 11.8 Å². The van der Waals surface area contributed by atoms with Gasteiger partial charge in [-0.25, -0.2) is 0 Å². The van der Waals surface area contributed by atoms with Gasteiger partial charge in [0.2, 0.25) is 0 Å². The maximum absolute atomic E-state index is 13.4. The average molecular weight is 1470 g/mol. The molecule has 0 atom stereocenters. The quantitative estimate of drug-likeness (QED) is 0.0328. The molecule has 1 fully saturated rings. The van der Waals surface area contributed by atoms with Crippen LogP contribution < -0.4 is 0 Å². The molecule has 12 heteroatoms. The van der Waals surface area contributed by atoms with Gasteiger partial charge in [0.05, 0.1) is 38.3 Å². The molecule has 0 radical (unpaired) electrons. The Kier molecular flexibility index (Phi) is 77.0. The van der Waals surface area contributed by atoms with Crippen molar-refractivity contribution in [1.82, 2.24) is 19.6 Å². The Morgan fingerprint density at radius 3 is 0.702 bits per heavy atom. The predicted molar refractivity (Wildman–Crippen MR) is 446 cm³/mol. The van der Waals surface area contributed by atoms with Crippen molar-refractivity contribution in [2.24, 2.45) is 11.8 Å². The lowest BCUT2D eigenvalue weighted by Crippen LogP contribution is -2.50. The zero-order valence-corrected chi connectivity index (χ0v) is 70.8. The molecule has 616 valence electrons. The lowest BCUT2D eigenvalue weighted by Gasteiger charge is -2.37. The van der Waals surface area contributed by atoms with Gasteiger partial charge in [0.15, 0.2) is 0 Å². The minimum Gasteiger partial charge on any atom is -0.466 e. The molecular formula is C92H180N4O8. The average Bonchev–Trinajstić information content (AvgIpc) is 0.912. The second kappa shape index (κ2) is 80.2. The smallest absolute Gasteiger partial charge is 0.308 e. The van der Waals surface area contributed by atoms with E-state index >= 15 is 0 Å². The van der Waals surface area contributed by atoms with E-state index in [0.29, 0.717) is 39.3 Å². The predicted octanol–water partition coefficient (Wildman–Crippen LogP) is 25.7. The summed E-state index contributed by atoms with van der Waals surface area (Å²) in [7, 11) is 0. The van der Waals surface area contributed by atoms with E-state index in [0.717, 1.165) is 220 Å². The van der Waals surface area contributed by atoms with Crippen molar-refractivity contribution in [1.29, 1.82) is 0 Å². The molecule has 1 saturated heterocycles. The molecule has 0 aromatic rings. The number of ether oxygens (including phenoxy) is 4. The SMILES string of the molecule is CCCCCCCCCCCC(=O)OCCCCCN(CCCCCCCOC(=O)C(CCCCCCCC)CCCCCCCC)CCN1CCN(CCN(CCCCCCCOC(=O)C(CCCCCCCC)CCCCCCCC)CCCCCOC(=O)CCCCCCCCCCC)CC1. The maximum atomic E-state index is 13.4. The Bertz CT molecular complexity index is 1640. The second-order valence-corrected chi connectivity index (χ2v) is 32.6. The number of piperazine rings is 1. The molecule has 1 aliphatic heterocycles. The summed E-state index contributed by atoms with van der Waals surface area (Å²) in [4.78, 5) is 62.8. The van der Waals surface area contributed by atoms with Gasteiger partial charge in [-0.3, -0.25) is 29.0 Å². The highest BCUT2D eigenvalue weighted by Crippen LogP contribution is 2.24. The van der Waals surface area contributed by atoms with Crippen molar-refractivity contribution >= 4 is 23.9 Å². The second-order valence-electron chi connectivity index (χ2n) is 32.6. The minimum atomic E-state index is -0.0152. The monoisotopic (exact) mass is 1470 g/mol. The molecule has 1 aliphatic rings. The van der Waals surface area contributed by atoms with E-state index in [1.165, 1.54) is 257 Å². The van der Waals surface area contributed by atoms with Crippen LogP contribution in [0.15, 0.2) is 0 Å². The first-order valence-electron chi connectivity index (χ1n) is 46.7. The first kappa shape index (κ1) is 99.7. The molecule has 0 spiro atoms. The van der Waals surface area contributed by atoms with Crippen LogP contribution in [-0.4, -0.2) is 148 Å². The summed E-state index contributed by atoms with van der Waals surface area (Å²) in [5.74, 6) is 0.258. The first-order chi connectivity index (χ1) is 51.2. The van der Waals surface area contributed by atoms with Gasteiger partial charge in [-0.1, -0.05) is 337 Å². The highest BCUT2D eigenvalue weighted by Gasteiger charge is 2.23. The molecule has 1 heterocycles. The van der Waals surface area contributed by atoms with Gasteiger partial charge in [-0.2, -0.15) is 0 Å². The summed E-state index contributed by atoms with van der Waals surface area (Å²) < 4.78 is 23.4. The Morgan fingerprint density at radius 1 is 0.240 bits per heavy atom. The Labute approximate surface area is 647 Å². The van der Waals surface area contributed by atoms with Gasteiger partial charge in [-0.05, 0) is 129 Å². The van der Waals surface area contributed by atoms with Gasteiger partial charge >= 0.3 is 23.9 Å². The van der Waals surface area contributed by atoms with Crippen LogP contribution in [0.5, 0.6) is 0 Å². The number of carbonyl (C=O) groups excluding carboxylic acids is 4. The Hall–Kier alpha value is -2.28. The van der Waals surface area contributed by atoms with Crippen LogP contribution in [0.25, 0.3) is 0 Å². The van der Waals surface area contributed by atoms with E-state index in [2.05, 4.69) is 61.1 Å². The third kappa shape index (κ3) is 67.8. The van der Waals surface area contributed by atoms with Gasteiger partial charge in [0.1, 0.15) is 0 Å². The number of hydrogen-bond acceptors (Lipinski definition) is 12. The highest BCUT2D eigenvalue weighted by molar-refractivity contribution is 5.73. The normalized spacial score (nSPS) is 13.0.